The quantitative estimate of drug-likeness (QED) is 0.367. The second-order valence-electron chi connectivity index (χ2n) is 8.42. The Hall–Kier alpha value is -3.74. The molecule has 2 aromatic heterocycles. The number of rotatable bonds is 7. The van der Waals surface area contributed by atoms with Crippen LogP contribution in [0.3, 0.4) is 0 Å². The van der Waals surface area contributed by atoms with Gasteiger partial charge >= 0.3 is 12.2 Å². The summed E-state index contributed by atoms with van der Waals surface area (Å²) in [5.74, 6) is -1.50. The van der Waals surface area contributed by atoms with Crippen LogP contribution in [0.5, 0.6) is 5.88 Å². The van der Waals surface area contributed by atoms with Gasteiger partial charge < -0.3 is 15.4 Å². The molecule has 1 atom stereocenters. The summed E-state index contributed by atoms with van der Waals surface area (Å²) < 4.78 is 60.2. The average Bonchev–Trinajstić information content (AvgIpc) is 3.43. The molecule has 36 heavy (non-hydrogen) atoms. The van der Waals surface area contributed by atoms with Gasteiger partial charge in [-0.1, -0.05) is 0 Å². The molecular weight excluding hydrogens is 484 g/mol. The monoisotopic (exact) mass is 508 g/mol. The van der Waals surface area contributed by atoms with E-state index in [0.717, 1.165) is 25.5 Å². The molecule has 0 saturated carbocycles. The summed E-state index contributed by atoms with van der Waals surface area (Å²) in [5.41, 5.74) is -0.852. The number of benzene rings is 1. The van der Waals surface area contributed by atoms with Gasteiger partial charge in [-0.25, -0.2) is 14.1 Å². The maximum atomic E-state index is 13.6. The number of urea groups is 1. The van der Waals surface area contributed by atoms with E-state index in [0.29, 0.717) is 40.2 Å². The first kappa shape index (κ1) is 25.4. The predicted molar refractivity (Wildman–Crippen MR) is 123 cm³/mol. The zero-order valence-corrected chi connectivity index (χ0v) is 19.5. The van der Waals surface area contributed by atoms with Crippen LogP contribution in [0, 0.1) is 12.7 Å². The van der Waals surface area contributed by atoms with Crippen molar-refractivity contribution >= 4 is 34.8 Å². The van der Waals surface area contributed by atoms with E-state index < -0.39 is 23.6 Å². The van der Waals surface area contributed by atoms with Crippen LogP contribution in [0.2, 0.25) is 0 Å². The lowest BCUT2D eigenvalue weighted by atomic mass is 10.2. The Labute approximate surface area is 203 Å². The number of aryl methyl sites for hydroxylation is 2. The van der Waals surface area contributed by atoms with Crippen molar-refractivity contribution in [2.75, 3.05) is 23.4 Å². The van der Waals surface area contributed by atoms with E-state index in [2.05, 4.69) is 20.7 Å². The van der Waals surface area contributed by atoms with Crippen molar-refractivity contribution in [3.63, 3.8) is 0 Å². The van der Waals surface area contributed by atoms with Gasteiger partial charge in [0.05, 0.1) is 17.9 Å². The summed E-state index contributed by atoms with van der Waals surface area (Å²) in [7, 11) is 1.69. The number of hydrogen-bond acceptors (Lipinski definition) is 6. The number of imide groups is 1. The highest BCUT2D eigenvalue weighted by Gasteiger charge is 2.34. The number of amides is 3. The molecule has 0 spiro atoms. The Balaban J connectivity index is 1.64. The van der Waals surface area contributed by atoms with E-state index in [1.165, 1.54) is 10.7 Å². The Bertz CT molecular complexity index is 1290. The fraction of sp³-hybridized carbons (Fsp3) is 0.391. The summed E-state index contributed by atoms with van der Waals surface area (Å²) in [6.45, 7) is 2.90. The molecule has 3 amide bonds. The third kappa shape index (κ3) is 5.25. The highest BCUT2D eigenvalue weighted by molar-refractivity contribution is 6.13. The minimum atomic E-state index is -4.96. The Morgan fingerprint density at radius 1 is 1.36 bits per heavy atom. The van der Waals surface area contributed by atoms with E-state index in [9.17, 15) is 27.2 Å². The van der Waals surface area contributed by atoms with Crippen LogP contribution in [-0.4, -0.2) is 46.4 Å². The maximum Gasteiger partial charge on any atom is 0.419 e. The number of hydrogen-bond donors (Lipinski definition) is 2. The lowest BCUT2D eigenvalue weighted by Crippen LogP contribution is -2.34. The van der Waals surface area contributed by atoms with Crippen molar-refractivity contribution < 1.29 is 31.9 Å². The van der Waals surface area contributed by atoms with Gasteiger partial charge in [0.15, 0.2) is 5.65 Å². The van der Waals surface area contributed by atoms with Crippen molar-refractivity contribution in [3.05, 3.63) is 41.3 Å². The van der Waals surface area contributed by atoms with Gasteiger partial charge in [0.25, 0.3) is 0 Å². The molecule has 4 rings (SSSR count). The molecule has 13 heteroatoms. The fourth-order valence-electron chi connectivity index (χ4n) is 4.11. The van der Waals surface area contributed by atoms with E-state index in [-0.39, 0.29) is 36.3 Å². The number of fused-ring (bicyclic) bond motifs is 1. The normalized spacial score (nSPS) is 15.8. The van der Waals surface area contributed by atoms with Crippen LogP contribution in [0.1, 0.15) is 30.5 Å². The first-order valence-corrected chi connectivity index (χ1v) is 11.2. The molecule has 1 aliphatic rings. The molecule has 0 radical (unpaired) electrons. The highest BCUT2D eigenvalue weighted by Crippen LogP contribution is 2.34. The van der Waals surface area contributed by atoms with Gasteiger partial charge in [0.1, 0.15) is 11.5 Å². The van der Waals surface area contributed by atoms with Crippen molar-refractivity contribution in [1.29, 1.82) is 0 Å². The molecule has 0 bridgehead atoms. The van der Waals surface area contributed by atoms with Crippen LogP contribution in [0.15, 0.2) is 24.3 Å². The Morgan fingerprint density at radius 3 is 2.81 bits per heavy atom. The number of carbonyl (C=O) groups excluding carboxylic acids is 2. The second-order valence-corrected chi connectivity index (χ2v) is 8.42. The van der Waals surface area contributed by atoms with E-state index in [1.807, 2.05) is 0 Å². The number of pyridine rings is 1. The lowest BCUT2D eigenvalue weighted by molar-refractivity contribution is -0.139. The van der Waals surface area contributed by atoms with Crippen molar-refractivity contribution in [3.8, 4) is 5.88 Å². The number of alkyl halides is 3. The topological polar surface area (TPSA) is 101 Å². The highest BCUT2D eigenvalue weighted by atomic mass is 19.4. The standard InChI is InChI=1S/C23H24F4N6O3/c1-13-16-11-19(21(30-20(16)32(2)31-13)36-9-7-14-4-3-8-28-14)33(12-34)22(35)29-15-5-6-18(24)17(10-15)23(25,26)27/h5-6,10-12,14,28H,3-4,7-9H2,1-2H3,(H,29,35). The minimum Gasteiger partial charge on any atom is -0.476 e. The van der Waals surface area contributed by atoms with E-state index >= 15 is 0 Å². The molecule has 9 nitrogen and oxygen atoms in total. The first-order chi connectivity index (χ1) is 17.1. The molecule has 2 N–H and O–H groups in total. The summed E-state index contributed by atoms with van der Waals surface area (Å²) in [4.78, 5) is 30.0. The summed E-state index contributed by atoms with van der Waals surface area (Å²) in [6.07, 6.45) is -2.02. The number of aromatic nitrogens is 3. The van der Waals surface area contributed by atoms with Gasteiger partial charge in [-0.05, 0) is 57.0 Å². The van der Waals surface area contributed by atoms with Crippen LogP contribution in [-0.2, 0) is 18.0 Å². The van der Waals surface area contributed by atoms with Gasteiger partial charge in [-0.2, -0.15) is 23.3 Å². The van der Waals surface area contributed by atoms with Gasteiger partial charge in [0, 0.05) is 24.2 Å². The van der Waals surface area contributed by atoms with Gasteiger partial charge in [-0.3, -0.25) is 9.48 Å². The number of carbonyl (C=O) groups is 2. The fourth-order valence-corrected chi connectivity index (χ4v) is 4.11. The molecule has 1 unspecified atom stereocenters. The Kier molecular flexibility index (Phi) is 7.11. The van der Waals surface area contributed by atoms with Gasteiger partial charge in [0.2, 0.25) is 12.3 Å². The average molecular weight is 508 g/mol. The smallest absolute Gasteiger partial charge is 0.419 e. The van der Waals surface area contributed by atoms with E-state index in [4.69, 9.17) is 4.74 Å². The molecule has 3 aromatic rings. The Morgan fingerprint density at radius 2 is 2.14 bits per heavy atom. The lowest BCUT2D eigenvalue weighted by Gasteiger charge is -2.20. The summed E-state index contributed by atoms with van der Waals surface area (Å²) in [6, 6.07) is 2.71. The number of anilines is 2. The maximum absolute atomic E-state index is 13.6. The third-order valence-electron chi connectivity index (χ3n) is 5.92. The van der Waals surface area contributed by atoms with Crippen molar-refractivity contribution in [2.24, 2.45) is 7.05 Å². The third-order valence-corrected chi connectivity index (χ3v) is 5.92. The van der Waals surface area contributed by atoms with Crippen molar-refractivity contribution in [2.45, 2.75) is 38.4 Å². The first-order valence-electron chi connectivity index (χ1n) is 11.2. The molecule has 1 aliphatic heterocycles. The van der Waals surface area contributed by atoms with E-state index in [1.54, 1.807) is 14.0 Å². The number of halogens is 4. The molecule has 1 fully saturated rings. The minimum absolute atomic E-state index is 0.0105. The number of nitrogens with zero attached hydrogens (tertiary/aromatic N) is 4. The molecule has 1 aromatic carbocycles. The van der Waals surface area contributed by atoms with Crippen LogP contribution < -0.4 is 20.3 Å². The summed E-state index contributed by atoms with van der Waals surface area (Å²) in [5, 5.41) is 10.4. The molecule has 192 valence electrons. The summed E-state index contributed by atoms with van der Waals surface area (Å²) >= 11 is 0. The zero-order chi connectivity index (χ0) is 26.0. The predicted octanol–water partition coefficient (Wildman–Crippen LogP) is 4.15. The molecule has 3 heterocycles. The van der Waals surface area contributed by atoms with Crippen LogP contribution in [0.4, 0.5) is 33.7 Å². The largest absolute Gasteiger partial charge is 0.476 e. The molecular formula is C23H24F4N6O3. The van der Waals surface area contributed by atoms with Crippen molar-refractivity contribution in [1.82, 2.24) is 20.1 Å². The SMILES string of the molecule is Cc1nn(C)c2nc(OCCC3CCCN3)c(N(C=O)C(=O)Nc3ccc(F)c(C(F)(F)F)c3)cc12. The second kappa shape index (κ2) is 10.1. The number of ether oxygens (including phenoxy) is 1. The van der Waals surface area contributed by atoms with Crippen LogP contribution >= 0.6 is 0 Å². The van der Waals surface area contributed by atoms with Crippen LogP contribution in [0.25, 0.3) is 11.0 Å². The zero-order valence-electron chi connectivity index (χ0n) is 19.5. The van der Waals surface area contributed by atoms with Gasteiger partial charge in [-0.15, -0.1) is 0 Å². The molecule has 1 saturated heterocycles. The molecule has 0 aliphatic carbocycles. The number of nitrogens with one attached hydrogen (secondary N) is 2.